The Balaban J connectivity index is 1.46. The molecule has 0 saturated carbocycles. The number of phenols is 1. The molecular weight excluding hydrogens is 359 g/mol. The van der Waals surface area contributed by atoms with Crippen LogP contribution in [-0.4, -0.2) is 58.2 Å². The highest BCUT2D eigenvalue weighted by molar-refractivity contribution is 6.00. The smallest absolute Gasteiger partial charge is 0.179 e. The molecule has 0 radical (unpaired) electrons. The second kappa shape index (κ2) is 7.59. The molecule has 6 nitrogen and oxygen atoms in total. The maximum atomic E-state index is 13.1. The Labute approximate surface area is 162 Å². The van der Waals surface area contributed by atoms with E-state index < -0.39 is 0 Å². The predicted octanol–water partition coefficient (Wildman–Crippen LogP) is 3.19. The van der Waals surface area contributed by atoms with Gasteiger partial charge in [0, 0.05) is 43.2 Å². The second-order valence-electron chi connectivity index (χ2n) is 7.10. The molecule has 2 aromatic carbocycles. The molecule has 7 heteroatoms. The van der Waals surface area contributed by atoms with E-state index in [0.29, 0.717) is 12.0 Å². The summed E-state index contributed by atoms with van der Waals surface area (Å²) < 4.78 is 13.1. The standard InChI is InChI=1S/C21H23FN4O2/c1-2-19(20(28)14-3-5-15(22)6-4-14)25-9-11-26(12-10-25)21-17-8-7-16(27)13-18(17)23-24-21/h3-8,13,19,27H,2,9-12H2,1H3,(H,23,24). The number of aromatic amines is 1. The van der Waals surface area contributed by atoms with Gasteiger partial charge in [0.05, 0.1) is 11.6 Å². The average Bonchev–Trinajstić information content (AvgIpc) is 3.12. The number of carbonyl (C=O) groups excluding carboxylic acids is 1. The molecule has 2 N–H and O–H groups in total. The SMILES string of the molecule is CCC(C(=O)c1ccc(F)cc1)N1CCN(c2n[nH]c3cc(O)ccc23)CC1. The first-order valence-corrected chi connectivity index (χ1v) is 9.52. The normalized spacial score (nSPS) is 16.4. The summed E-state index contributed by atoms with van der Waals surface area (Å²) in [4.78, 5) is 17.3. The Bertz CT molecular complexity index is 978. The van der Waals surface area contributed by atoms with Gasteiger partial charge in [0.15, 0.2) is 11.6 Å². The van der Waals surface area contributed by atoms with Gasteiger partial charge in [0.2, 0.25) is 0 Å². The van der Waals surface area contributed by atoms with E-state index >= 15 is 0 Å². The second-order valence-corrected chi connectivity index (χ2v) is 7.10. The van der Waals surface area contributed by atoms with Crippen molar-refractivity contribution in [2.24, 2.45) is 0 Å². The number of nitrogens with one attached hydrogen (secondary N) is 1. The van der Waals surface area contributed by atoms with Crippen molar-refractivity contribution in [3.8, 4) is 5.75 Å². The number of rotatable bonds is 5. The topological polar surface area (TPSA) is 72.5 Å². The maximum Gasteiger partial charge on any atom is 0.179 e. The summed E-state index contributed by atoms with van der Waals surface area (Å²) in [5.41, 5.74) is 1.35. The predicted molar refractivity (Wildman–Crippen MR) is 106 cm³/mol. The van der Waals surface area contributed by atoms with Crippen molar-refractivity contribution in [2.75, 3.05) is 31.1 Å². The van der Waals surface area contributed by atoms with Crippen LogP contribution in [0.1, 0.15) is 23.7 Å². The number of phenolic OH excluding ortho intramolecular Hbond substituents is 1. The lowest BCUT2D eigenvalue weighted by Gasteiger charge is -2.38. The lowest BCUT2D eigenvalue weighted by atomic mass is 10.00. The molecule has 28 heavy (non-hydrogen) atoms. The third-order valence-electron chi connectivity index (χ3n) is 5.40. The third-order valence-corrected chi connectivity index (χ3v) is 5.40. The molecule has 4 rings (SSSR count). The number of hydrogen-bond donors (Lipinski definition) is 2. The number of benzene rings is 2. The molecule has 2 heterocycles. The van der Waals surface area contributed by atoms with Crippen molar-refractivity contribution >= 4 is 22.5 Å². The molecule has 0 amide bonds. The third kappa shape index (κ3) is 3.45. The van der Waals surface area contributed by atoms with Gasteiger partial charge in [0.1, 0.15) is 11.6 Å². The first kappa shape index (κ1) is 18.4. The van der Waals surface area contributed by atoms with Gasteiger partial charge in [-0.1, -0.05) is 6.92 Å². The molecule has 1 unspecified atom stereocenters. The monoisotopic (exact) mass is 382 g/mol. The summed E-state index contributed by atoms with van der Waals surface area (Å²) >= 11 is 0. The van der Waals surface area contributed by atoms with E-state index in [1.165, 1.54) is 12.1 Å². The summed E-state index contributed by atoms with van der Waals surface area (Å²) in [5, 5.41) is 18.0. The molecule has 0 spiro atoms. The number of Topliss-reactive ketones (excluding diaryl/α,β-unsaturated/α-hetero) is 1. The van der Waals surface area contributed by atoms with Crippen LogP contribution in [0.5, 0.6) is 5.75 Å². The first-order chi connectivity index (χ1) is 13.6. The molecule has 1 aliphatic rings. The molecule has 0 aliphatic carbocycles. The molecular formula is C21H23FN4O2. The number of aromatic nitrogens is 2. The number of halogens is 1. The van der Waals surface area contributed by atoms with Crippen LogP contribution in [0.4, 0.5) is 10.2 Å². The number of anilines is 1. The van der Waals surface area contributed by atoms with Crippen LogP contribution in [0.25, 0.3) is 10.9 Å². The summed E-state index contributed by atoms with van der Waals surface area (Å²) in [6.07, 6.45) is 0.709. The van der Waals surface area contributed by atoms with Crippen LogP contribution in [0.15, 0.2) is 42.5 Å². The minimum Gasteiger partial charge on any atom is -0.508 e. The van der Waals surface area contributed by atoms with Crippen molar-refractivity contribution in [3.05, 3.63) is 53.8 Å². The molecule has 1 aromatic heterocycles. The van der Waals surface area contributed by atoms with Gasteiger partial charge in [0.25, 0.3) is 0 Å². The molecule has 1 fully saturated rings. The van der Waals surface area contributed by atoms with E-state index in [9.17, 15) is 14.3 Å². The van der Waals surface area contributed by atoms with Crippen LogP contribution in [0.3, 0.4) is 0 Å². The van der Waals surface area contributed by atoms with Gasteiger partial charge in [-0.25, -0.2) is 4.39 Å². The van der Waals surface area contributed by atoms with Gasteiger partial charge < -0.3 is 10.0 Å². The Morgan fingerprint density at radius 1 is 1.18 bits per heavy atom. The van der Waals surface area contributed by atoms with E-state index in [4.69, 9.17) is 0 Å². The summed E-state index contributed by atoms with van der Waals surface area (Å²) in [5.74, 6) is 0.777. The zero-order chi connectivity index (χ0) is 19.7. The number of carbonyl (C=O) groups is 1. The summed E-state index contributed by atoms with van der Waals surface area (Å²) in [6, 6.07) is 10.8. The van der Waals surface area contributed by atoms with Crippen LogP contribution in [0.2, 0.25) is 0 Å². The summed E-state index contributed by atoms with van der Waals surface area (Å²) in [7, 11) is 0. The minimum absolute atomic E-state index is 0.0386. The van der Waals surface area contributed by atoms with E-state index in [-0.39, 0.29) is 23.4 Å². The number of H-pyrrole nitrogens is 1. The quantitative estimate of drug-likeness (QED) is 0.663. The van der Waals surface area contributed by atoms with E-state index in [1.54, 1.807) is 24.3 Å². The van der Waals surface area contributed by atoms with Crippen molar-refractivity contribution in [1.29, 1.82) is 0 Å². The van der Waals surface area contributed by atoms with Crippen LogP contribution >= 0.6 is 0 Å². The fourth-order valence-corrected chi connectivity index (χ4v) is 3.90. The van der Waals surface area contributed by atoms with Gasteiger partial charge in [-0.05, 0) is 42.8 Å². The van der Waals surface area contributed by atoms with Gasteiger partial charge >= 0.3 is 0 Å². The maximum absolute atomic E-state index is 13.1. The van der Waals surface area contributed by atoms with Crippen LogP contribution in [-0.2, 0) is 0 Å². The van der Waals surface area contributed by atoms with Crippen LogP contribution in [0, 0.1) is 5.82 Å². The van der Waals surface area contributed by atoms with Crippen molar-refractivity contribution < 1.29 is 14.3 Å². The molecule has 1 atom stereocenters. The van der Waals surface area contributed by atoms with E-state index in [2.05, 4.69) is 20.0 Å². The van der Waals surface area contributed by atoms with Gasteiger partial charge in [-0.2, -0.15) is 5.10 Å². The number of aromatic hydroxyl groups is 1. The van der Waals surface area contributed by atoms with Crippen molar-refractivity contribution in [3.63, 3.8) is 0 Å². The fourth-order valence-electron chi connectivity index (χ4n) is 3.90. The first-order valence-electron chi connectivity index (χ1n) is 9.52. The number of fused-ring (bicyclic) bond motifs is 1. The number of nitrogens with zero attached hydrogens (tertiary/aromatic N) is 3. The highest BCUT2D eigenvalue weighted by atomic mass is 19.1. The highest BCUT2D eigenvalue weighted by Crippen LogP contribution is 2.28. The number of ketones is 1. The van der Waals surface area contributed by atoms with Gasteiger partial charge in [-0.3, -0.25) is 14.8 Å². The Kier molecular flexibility index (Phi) is 5.00. The Morgan fingerprint density at radius 2 is 1.89 bits per heavy atom. The minimum atomic E-state index is -0.335. The summed E-state index contributed by atoms with van der Waals surface area (Å²) in [6.45, 7) is 5.02. The molecule has 0 bridgehead atoms. The number of piperazine rings is 1. The van der Waals surface area contributed by atoms with Crippen molar-refractivity contribution in [1.82, 2.24) is 15.1 Å². The molecule has 146 valence electrons. The Hall–Kier alpha value is -2.93. The van der Waals surface area contributed by atoms with Gasteiger partial charge in [-0.15, -0.1) is 0 Å². The van der Waals surface area contributed by atoms with Crippen molar-refractivity contribution in [2.45, 2.75) is 19.4 Å². The molecule has 1 saturated heterocycles. The average molecular weight is 382 g/mol. The van der Waals surface area contributed by atoms with E-state index in [1.807, 2.05) is 13.0 Å². The van der Waals surface area contributed by atoms with E-state index in [0.717, 1.165) is 42.9 Å². The molecule has 1 aliphatic heterocycles. The Morgan fingerprint density at radius 3 is 2.57 bits per heavy atom. The fraction of sp³-hybridized carbons (Fsp3) is 0.333. The molecule has 3 aromatic rings. The lowest BCUT2D eigenvalue weighted by molar-refractivity contribution is 0.0801. The van der Waals surface area contributed by atoms with Crippen LogP contribution < -0.4 is 4.90 Å². The highest BCUT2D eigenvalue weighted by Gasteiger charge is 2.29. The number of hydrogen-bond acceptors (Lipinski definition) is 5. The zero-order valence-corrected chi connectivity index (χ0v) is 15.7. The zero-order valence-electron chi connectivity index (χ0n) is 15.7. The lowest BCUT2D eigenvalue weighted by Crippen LogP contribution is -2.52. The largest absolute Gasteiger partial charge is 0.508 e.